The molecule has 0 heterocycles. The topological polar surface area (TPSA) is 92.3 Å². The number of Topliss-reactive ketones (excluding diaryl/α,β-unsaturated/α-hetero) is 1. The van der Waals surface area contributed by atoms with Crippen molar-refractivity contribution in [3.8, 4) is 0 Å². The Kier molecular flexibility index (Phi) is 5.71. The molecule has 0 unspecified atom stereocenters. The van der Waals surface area contributed by atoms with Gasteiger partial charge in [-0.05, 0) is 57.2 Å². The molecule has 2 aromatic rings. The molecule has 0 aliphatic heterocycles. The van der Waals surface area contributed by atoms with E-state index in [9.17, 15) is 18.0 Å². The highest BCUT2D eigenvalue weighted by Gasteiger charge is 2.16. The number of benzene rings is 2. The quantitative estimate of drug-likeness (QED) is 0.775. The molecule has 2 rings (SSSR count). The highest BCUT2D eigenvalue weighted by Crippen LogP contribution is 2.18. The van der Waals surface area contributed by atoms with Crippen molar-refractivity contribution in [2.75, 3.05) is 5.32 Å². The van der Waals surface area contributed by atoms with E-state index in [1.807, 2.05) is 0 Å². The highest BCUT2D eigenvalue weighted by molar-refractivity contribution is 7.89. The van der Waals surface area contributed by atoms with E-state index in [2.05, 4.69) is 10.0 Å². The van der Waals surface area contributed by atoms with Crippen molar-refractivity contribution in [2.24, 2.45) is 0 Å². The monoisotopic (exact) mass is 360 g/mol. The van der Waals surface area contributed by atoms with Gasteiger partial charge >= 0.3 is 0 Å². The average molecular weight is 360 g/mol. The van der Waals surface area contributed by atoms with Gasteiger partial charge in [0.05, 0.1) is 10.6 Å². The average Bonchev–Trinajstić information content (AvgIpc) is 2.54. The summed E-state index contributed by atoms with van der Waals surface area (Å²) in [6.07, 6.45) is 0. The molecule has 0 spiro atoms. The van der Waals surface area contributed by atoms with E-state index in [1.54, 1.807) is 38.1 Å². The number of nitrogens with one attached hydrogen (secondary N) is 2. The number of hydrogen-bond donors (Lipinski definition) is 2. The Morgan fingerprint density at radius 1 is 0.960 bits per heavy atom. The van der Waals surface area contributed by atoms with Crippen LogP contribution in [0.2, 0.25) is 0 Å². The lowest BCUT2D eigenvalue weighted by Crippen LogP contribution is -2.30. The van der Waals surface area contributed by atoms with E-state index in [0.717, 1.165) is 0 Å². The molecule has 7 heteroatoms. The highest BCUT2D eigenvalue weighted by atomic mass is 32.2. The summed E-state index contributed by atoms with van der Waals surface area (Å²) in [5, 5.41) is 2.67. The predicted molar refractivity (Wildman–Crippen MR) is 96.3 cm³/mol. The van der Waals surface area contributed by atoms with Crippen molar-refractivity contribution < 1.29 is 18.0 Å². The Morgan fingerprint density at radius 2 is 1.56 bits per heavy atom. The molecule has 6 nitrogen and oxygen atoms in total. The lowest BCUT2D eigenvalue weighted by atomic mass is 10.1. The summed E-state index contributed by atoms with van der Waals surface area (Å²) in [6, 6.07) is 12.1. The Hall–Kier alpha value is -2.51. The molecule has 0 bridgehead atoms. The van der Waals surface area contributed by atoms with Crippen LogP contribution in [0, 0.1) is 0 Å². The maximum absolute atomic E-state index is 12.3. The van der Waals surface area contributed by atoms with Crippen LogP contribution in [-0.4, -0.2) is 26.2 Å². The molecule has 0 atom stereocenters. The Morgan fingerprint density at radius 3 is 2.12 bits per heavy atom. The molecule has 0 saturated carbocycles. The molecule has 0 radical (unpaired) electrons. The third-order valence-electron chi connectivity index (χ3n) is 3.37. The minimum absolute atomic E-state index is 0.0851. The van der Waals surface area contributed by atoms with Gasteiger partial charge in [-0.2, -0.15) is 0 Å². The zero-order chi connectivity index (χ0) is 18.6. The van der Waals surface area contributed by atoms with Gasteiger partial charge in [0.25, 0.3) is 5.91 Å². The van der Waals surface area contributed by atoms with Gasteiger partial charge < -0.3 is 5.32 Å². The van der Waals surface area contributed by atoms with Crippen molar-refractivity contribution >= 4 is 27.4 Å². The molecule has 0 aliphatic rings. The van der Waals surface area contributed by atoms with Gasteiger partial charge in [-0.1, -0.05) is 12.1 Å². The molecule has 132 valence electrons. The first-order valence-corrected chi connectivity index (χ1v) is 9.23. The first-order valence-electron chi connectivity index (χ1n) is 7.74. The second-order valence-electron chi connectivity index (χ2n) is 5.86. The van der Waals surface area contributed by atoms with Crippen LogP contribution in [0.4, 0.5) is 5.69 Å². The SMILES string of the molecule is CC(=O)c1ccccc1NC(=O)c1ccc(S(=O)(=O)NC(C)C)cc1. The lowest BCUT2D eigenvalue weighted by Gasteiger charge is -2.11. The number of carbonyl (C=O) groups excluding carboxylic acids is 2. The standard InChI is InChI=1S/C18H20N2O4S/c1-12(2)20-25(23,24)15-10-8-14(9-11-15)18(22)19-17-7-5-4-6-16(17)13(3)21/h4-12,20H,1-3H3,(H,19,22). The Balaban J connectivity index is 2.21. The number of para-hydroxylation sites is 1. The number of carbonyl (C=O) groups is 2. The normalized spacial score (nSPS) is 11.4. The molecular formula is C18H20N2O4S. The minimum Gasteiger partial charge on any atom is -0.321 e. The first-order chi connectivity index (χ1) is 11.7. The fraction of sp³-hybridized carbons (Fsp3) is 0.222. The summed E-state index contributed by atoms with van der Waals surface area (Å²) >= 11 is 0. The number of anilines is 1. The van der Waals surface area contributed by atoms with Crippen LogP contribution >= 0.6 is 0 Å². The smallest absolute Gasteiger partial charge is 0.255 e. The van der Waals surface area contributed by atoms with Gasteiger partial charge in [-0.3, -0.25) is 9.59 Å². The number of sulfonamides is 1. The maximum atomic E-state index is 12.3. The third-order valence-corrected chi connectivity index (χ3v) is 5.05. The van der Waals surface area contributed by atoms with Crippen LogP contribution in [0.25, 0.3) is 0 Å². The molecular weight excluding hydrogens is 340 g/mol. The molecule has 2 aromatic carbocycles. The summed E-state index contributed by atoms with van der Waals surface area (Å²) in [7, 11) is -3.61. The molecule has 0 aliphatic carbocycles. The Bertz CT molecular complexity index is 888. The molecule has 0 aromatic heterocycles. The number of rotatable bonds is 6. The van der Waals surface area contributed by atoms with E-state index in [1.165, 1.54) is 31.2 Å². The predicted octanol–water partition coefficient (Wildman–Crippen LogP) is 2.83. The molecule has 25 heavy (non-hydrogen) atoms. The maximum Gasteiger partial charge on any atom is 0.255 e. The van der Waals surface area contributed by atoms with Crippen LogP contribution in [0.15, 0.2) is 53.4 Å². The summed E-state index contributed by atoms with van der Waals surface area (Å²) in [5.41, 5.74) is 1.12. The van der Waals surface area contributed by atoms with Crippen molar-refractivity contribution in [3.05, 3.63) is 59.7 Å². The second-order valence-corrected chi connectivity index (χ2v) is 7.57. The van der Waals surface area contributed by atoms with Crippen molar-refractivity contribution in [3.63, 3.8) is 0 Å². The van der Waals surface area contributed by atoms with E-state index in [-0.39, 0.29) is 16.7 Å². The third kappa shape index (κ3) is 4.74. The van der Waals surface area contributed by atoms with Crippen LogP contribution in [-0.2, 0) is 10.0 Å². The van der Waals surface area contributed by atoms with Gasteiger partial charge in [0.2, 0.25) is 10.0 Å². The summed E-state index contributed by atoms with van der Waals surface area (Å²) < 4.78 is 26.6. The van der Waals surface area contributed by atoms with E-state index in [0.29, 0.717) is 16.8 Å². The van der Waals surface area contributed by atoms with Crippen molar-refractivity contribution in [2.45, 2.75) is 31.7 Å². The molecule has 1 amide bonds. The van der Waals surface area contributed by atoms with Gasteiger partial charge in [0.15, 0.2) is 5.78 Å². The molecule has 0 fully saturated rings. The fourth-order valence-electron chi connectivity index (χ4n) is 2.26. The summed E-state index contributed by atoms with van der Waals surface area (Å²) in [6.45, 7) is 4.88. The van der Waals surface area contributed by atoms with E-state index < -0.39 is 15.9 Å². The Labute approximate surface area is 147 Å². The van der Waals surface area contributed by atoms with Crippen LogP contribution < -0.4 is 10.0 Å². The first kappa shape index (κ1) is 18.8. The fourth-order valence-corrected chi connectivity index (χ4v) is 3.51. The molecule has 0 saturated heterocycles. The second kappa shape index (κ2) is 7.58. The minimum atomic E-state index is -3.61. The van der Waals surface area contributed by atoms with E-state index >= 15 is 0 Å². The van der Waals surface area contributed by atoms with E-state index in [4.69, 9.17) is 0 Å². The van der Waals surface area contributed by atoms with Crippen LogP contribution in [0.1, 0.15) is 41.5 Å². The zero-order valence-electron chi connectivity index (χ0n) is 14.2. The number of hydrogen-bond acceptors (Lipinski definition) is 4. The van der Waals surface area contributed by atoms with Gasteiger partial charge in [-0.15, -0.1) is 0 Å². The lowest BCUT2D eigenvalue weighted by molar-refractivity contribution is 0.101. The van der Waals surface area contributed by atoms with Crippen LogP contribution in [0.5, 0.6) is 0 Å². The number of ketones is 1. The van der Waals surface area contributed by atoms with Crippen LogP contribution in [0.3, 0.4) is 0 Å². The van der Waals surface area contributed by atoms with Gasteiger partial charge in [-0.25, -0.2) is 13.1 Å². The molecule has 2 N–H and O–H groups in total. The number of amides is 1. The largest absolute Gasteiger partial charge is 0.321 e. The van der Waals surface area contributed by atoms with Crippen molar-refractivity contribution in [1.29, 1.82) is 0 Å². The van der Waals surface area contributed by atoms with Gasteiger partial charge in [0.1, 0.15) is 0 Å². The van der Waals surface area contributed by atoms with Gasteiger partial charge in [0, 0.05) is 17.2 Å². The van der Waals surface area contributed by atoms with Crippen molar-refractivity contribution in [1.82, 2.24) is 4.72 Å². The summed E-state index contributed by atoms with van der Waals surface area (Å²) in [4.78, 5) is 24.0. The zero-order valence-corrected chi connectivity index (χ0v) is 15.1. The summed E-state index contributed by atoms with van der Waals surface area (Å²) in [5.74, 6) is -0.577.